The normalized spacial score (nSPS) is 20.4. The lowest BCUT2D eigenvalue weighted by Crippen LogP contribution is -2.39. The number of aliphatic imine (C=N–C) groups is 1. The Labute approximate surface area is 132 Å². The van der Waals surface area contributed by atoms with Gasteiger partial charge in [-0.1, -0.05) is 37.3 Å². The molecule has 0 spiro atoms. The molecule has 0 saturated heterocycles. The van der Waals surface area contributed by atoms with Gasteiger partial charge in [0, 0.05) is 25.6 Å². The molecule has 120 valence electrons. The summed E-state index contributed by atoms with van der Waals surface area (Å²) in [5, 5.41) is 9.51. The van der Waals surface area contributed by atoms with Gasteiger partial charge >= 0.3 is 0 Å². The molecule has 5 nitrogen and oxygen atoms in total. The monoisotopic (exact) mass is 302 g/mol. The molecular weight excluding hydrogens is 276 g/mol. The number of carbonyl (C=O) groups excluding carboxylic acids is 1. The zero-order valence-electron chi connectivity index (χ0n) is 13.4. The van der Waals surface area contributed by atoms with E-state index in [1.54, 1.807) is 0 Å². The number of benzene rings is 1. The Hall–Kier alpha value is -2.04. The zero-order valence-corrected chi connectivity index (χ0v) is 13.4. The molecule has 1 aliphatic rings. The Balaban J connectivity index is 1.68. The van der Waals surface area contributed by atoms with Crippen LogP contribution in [0.5, 0.6) is 0 Å². The third-order valence-electron chi connectivity index (χ3n) is 3.72. The van der Waals surface area contributed by atoms with Crippen LogP contribution in [-0.2, 0) is 11.3 Å². The Morgan fingerprint density at radius 3 is 2.64 bits per heavy atom. The molecule has 1 amide bonds. The van der Waals surface area contributed by atoms with Crippen molar-refractivity contribution in [2.24, 2.45) is 10.9 Å². The van der Waals surface area contributed by atoms with Crippen LogP contribution in [0, 0.1) is 5.92 Å². The topological polar surface area (TPSA) is 65.5 Å². The molecule has 0 aliphatic heterocycles. The molecule has 0 heterocycles. The van der Waals surface area contributed by atoms with E-state index in [1.165, 1.54) is 6.42 Å². The van der Waals surface area contributed by atoms with Crippen LogP contribution >= 0.6 is 0 Å². The molecule has 0 bridgehead atoms. The summed E-state index contributed by atoms with van der Waals surface area (Å²) in [6.07, 6.45) is 1.60. The van der Waals surface area contributed by atoms with Crippen molar-refractivity contribution in [3.63, 3.8) is 0 Å². The number of nitrogens with zero attached hydrogens (tertiary/aromatic N) is 1. The molecule has 1 aromatic rings. The van der Waals surface area contributed by atoms with E-state index in [9.17, 15) is 4.79 Å². The van der Waals surface area contributed by atoms with Crippen LogP contribution in [0.15, 0.2) is 35.3 Å². The molecule has 2 rings (SSSR count). The largest absolute Gasteiger partial charge is 0.357 e. The van der Waals surface area contributed by atoms with Gasteiger partial charge in [-0.25, -0.2) is 0 Å². The summed E-state index contributed by atoms with van der Waals surface area (Å²) in [5.74, 6) is 1.56. The number of hydrogen-bond donors (Lipinski definition) is 3. The van der Waals surface area contributed by atoms with Gasteiger partial charge < -0.3 is 16.0 Å². The molecule has 1 aromatic carbocycles. The fourth-order valence-corrected chi connectivity index (χ4v) is 2.17. The summed E-state index contributed by atoms with van der Waals surface area (Å²) < 4.78 is 0. The van der Waals surface area contributed by atoms with Crippen molar-refractivity contribution in [3.05, 3.63) is 35.9 Å². The highest BCUT2D eigenvalue weighted by Crippen LogP contribution is 2.28. The standard InChI is InChI=1S/C17H26N4O/c1-3-18-17(21-15-11-13(15)2)19-10-9-16(22)20-12-14-7-5-4-6-8-14/h4-8,13,15H,3,9-12H2,1-2H3,(H,20,22)(H2,18,19,21). The molecule has 3 N–H and O–H groups in total. The number of hydrogen-bond acceptors (Lipinski definition) is 2. The minimum Gasteiger partial charge on any atom is -0.357 e. The third kappa shape index (κ3) is 5.76. The van der Waals surface area contributed by atoms with Crippen LogP contribution in [0.3, 0.4) is 0 Å². The summed E-state index contributed by atoms with van der Waals surface area (Å²) in [4.78, 5) is 16.3. The maximum absolute atomic E-state index is 11.8. The van der Waals surface area contributed by atoms with Gasteiger partial charge in [-0.2, -0.15) is 0 Å². The molecule has 2 unspecified atom stereocenters. The van der Waals surface area contributed by atoms with Gasteiger partial charge in [-0.05, 0) is 24.8 Å². The van der Waals surface area contributed by atoms with Gasteiger partial charge in [0.25, 0.3) is 0 Å². The van der Waals surface area contributed by atoms with Gasteiger partial charge in [-0.3, -0.25) is 9.79 Å². The average molecular weight is 302 g/mol. The van der Waals surface area contributed by atoms with Gasteiger partial charge in [0.15, 0.2) is 5.96 Å². The molecule has 0 aromatic heterocycles. The molecule has 0 radical (unpaired) electrons. The van der Waals surface area contributed by atoms with Crippen LogP contribution in [-0.4, -0.2) is 31.0 Å². The van der Waals surface area contributed by atoms with Crippen molar-refractivity contribution < 1.29 is 4.79 Å². The second kappa shape index (κ2) is 8.41. The van der Waals surface area contributed by atoms with Crippen molar-refractivity contribution in [3.8, 4) is 0 Å². The van der Waals surface area contributed by atoms with Crippen molar-refractivity contribution in [1.82, 2.24) is 16.0 Å². The van der Waals surface area contributed by atoms with E-state index < -0.39 is 0 Å². The van der Waals surface area contributed by atoms with Crippen molar-refractivity contribution >= 4 is 11.9 Å². The highest BCUT2D eigenvalue weighted by atomic mass is 16.1. The first-order valence-corrected chi connectivity index (χ1v) is 8.04. The van der Waals surface area contributed by atoms with Crippen LogP contribution in [0.2, 0.25) is 0 Å². The second-order valence-electron chi connectivity index (χ2n) is 5.74. The fourth-order valence-electron chi connectivity index (χ4n) is 2.17. The van der Waals surface area contributed by atoms with E-state index in [2.05, 4.69) is 27.9 Å². The lowest BCUT2D eigenvalue weighted by atomic mass is 10.2. The Kier molecular flexibility index (Phi) is 6.25. The van der Waals surface area contributed by atoms with E-state index >= 15 is 0 Å². The molecular formula is C17H26N4O. The lowest BCUT2D eigenvalue weighted by molar-refractivity contribution is -0.121. The predicted octanol–water partition coefficient (Wildman–Crippen LogP) is 1.66. The van der Waals surface area contributed by atoms with E-state index in [4.69, 9.17) is 0 Å². The summed E-state index contributed by atoms with van der Waals surface area (Å²) >= 11 is 0. The zero-order chi connectivity index (χ0) is 15.8. The SMILES string of the molecule is CCNC(=NCCC(=O)NCc1ccccc1)NC1CC1C. The molecule has 5 heteroatoms. The Morgan fingerprint density at radius 2 is 2.00 bits per heavy atom. The van der Waals surface area contributed by atoms with Crippen molar-refractivity contribution in [2.45, 2.75) is 39.3 Å². The van der Waals surface area contributed by atoms with Gasteiger partial charge in [0.05, 0.1) is 6.54 Å². The molecule has 1 aliphatic carbocycles. The summed E-state index contributed by atoms with van der Waals surface area (Å²) in [5.41, 5.74) is 1.11. The third-order valence-corrected chi connectivity index (χ3v) is 3.72. The Morgan fingerprint density at radius 1 is 1.27 bits per heavy atom. The van der Waals surface area contributed by atoms with E-state index in [0.717, 1.165) is 24.0 Å². The average Bonchev–Trinajstić information content (AvgIpc) is 3.21. The van der Waals surface area contributed by atoms with Crippen molar-refractivity contribution in [2.75, 3.05) is 13.1 Å². The van der Waals surface area contributed by atoms with Crippen molar-refractivity contribution in [1.29, 1.82) is 0 Å². The summed E-state index contributed by atoms with van der Waals surface area (Å²) in [6, 6.07) is 10.4. The first kappa shape index (κ1) is 16.3. The molecule has 2 atom stereocenters. The second-order valence-corrected chi connectivity index (χ2v) is 5.74. The summed E-state index contributed by atoms with van der Waals surface area (Å²) in [7, 11) is 0. The van der Waals surface area contributed by atoms with E-state index in [0.29, 0.717) is 25.6 Å². The number of amides is 1. The minimum atomic E-state index is 0.0308. The fraction of sp³-hybridized carbons (Fsp3) is 0.529. The van der Waals surface area contributed by atoms with Gasteiger partial charge in [0.1, 0.15) is 0 Å². The lowest BCUT2D eigenvalue weighted by Gasteiger charge is -2.10. The number of carbonyl (C=O) groups is 1. The molecule has 1 fully saturated rings. The number of guanidine groups is 1. The molecule has 1 saturated carbocycles. The number of nitrogens with one attached hydrogen (secondary N) is 3. The van der Waals surface area contributed by atoms with Gasteiger partial charge in [0.2, 0.25) is 5.91 Å². The highest BCUT2D eigenvalue weighted by molar-refractivity contribution is 5.81. The van der Waals surface area contributed by atoms with Crippen LogP contribution in [0.1, 0.15) is 32.3 Å². The maximum Gasteiger partial charge on any atom is 0.222 e. The highest BCUT2D eigenvalue weighted by Gasteiger charge is 2.33. The smallest absolute Gasteiger partial charge is 0.222 e. The predicted molar refractivity (Wildman–Crippen MR) is 89.6 cm³/mol. The van der Waals surface area contributed by atoms with Crippen LogP contribution in [0.4, 0.5) is 0 Å². The summed E-state index contributed by atoms with van der Waals surface area (Å²) in [6.45, 7) is 6.16. The maximum atomic E-state index is 11.8. The quantitative estimate of drug-likeness (QED) is 0.530. The van der Waals surface area contributed by atoms with E-state index in [-0.39, 0.29) is 5.91 Å². The first-order valence-electron chi connectivity index (χ1n) is 8.04. The first-order chi connectivity index (χ1) is 10.7. The molecule has 22 heavy (non-hydrogen) atoms. The van der Waals surface area contributed by atoms with Crippen LogP contribution < -0.4 is 16.0 Å². The van der Waals surface area contributed by atoms with Gasteiger partial charge in [-0.15, -0.1) is 0 Å². The minimum absolute atomic E-state index is 0.0308. The van der Waals surface area contributed by atoms with E-state index in [1.807, 2.05) is 37.3 Å². The Bertz CT molecular complexity index is 501. The number of rotatable bonds is 7. The van der Waals surface area contributed by atoms with Crippen LogP contribution in [0.25, 0.3) is 0 Å².